The molecule has 0 saturated heterocycles. The van der Waals surface area contributed by atoms with Crippen molar-refractivity contribution < 1.29 is 19.0 Å². The third-order valence-electron chi connectivity index (χ3n) is 6.35. The van der Waals surface area contributed by atoms with Gasteiger partial charge in [0.2, 0.25) is 0 Å². The molecule has 3 rings (SSSR count). The molecule has 0 atom stereocenters. The Hall–Kier alpha value is -2.79. The number of oxime groups is 1. The molecule has 0 heterocycles. The van der Waals surface area contributed by atoms with E-state index in [2.05, 4.69) is 43.3 Å². The molecule has 5 heteroatoms. The Morgan fingerprint density at radius 1 is 0.912 bits per heavy atom. The molecule has 0 N–H and O–H groups in total. The van der Waals surface area contributed by atoms with Crippen molar-refractivity contribution in [2.45, 2.75) is 53.1 Å². The van der Waals surface area contributed by atoms with Crippen LogP contribution >= 0.6 is 0 Å². The van der Waals surface area contributed by atoms with Crippen LogP contribution in [0.1, 0.15) is 54.9 Å². The average Bonchev–Trinajstić information content (AvgIpc) is 2.84. The number of aryl methyl sites for hydroxylation is 2. The summed E-state index contributed by atoms with van der Waals surface area (Å²) >= 11 is 0. The minimum atomic E-state index is 0.596. The third kappa shape index (κ3) is 8.21. The summed E-state index contributed by atoms with van der Waals surface area (Å²) in [7, 11) is 1.54. The van der Waals surface area contributed by atoms with Gasteiger partial charge in [0, 0.05) is 6.61 Å². The maximum Gasteiger partial charge on any atom is 0.125 e. The Kier molecular flexibility index (Phi) is 10.5. The molecule has 0 radical (unpaired) electrons. The molecule has 0 spiro atoms. The van der Waals surface area contributed by atoms with Gasteiger partial charge in [-0.05, 0) is 92.7 Å². The highest BCUT2D eigenvalue weighted by molar-refractivity contribution is 5.79. The Balaban J connectivity index is 1.36. The van der Waals surface area contributed by atoms with Crippen molar-refractivity contribution in [2.24, 2.45) is 17.0 Å². The van der Waals surface area contributed by atoms with E-state index in [0.29, 0.717) is 25.0 Å². The second-order valence-corrected chi connectivity index (χ2v) is 9.14. The number of allylic oxidation sites excluding steroid dienone is 1. The summed E-state index contributed by atoms with van der Waals surface area (Å²) in [6.07, 6.45) is 10.5. The van der Waals surface area contributed by atoms with Crippen molar-refractivity contribution in [3.8, 4) is 11.5 Å². The Morgan fingerprint density at radius 2 is 1.56 bits per heavy atom. The van der Waals surface area contributed by atoms with Crippen LogP contribution in [0.3, 0.4) is 0 Å². The number of hydrogen-bond acceptors (Lipinski definition) is 5. The van der Waals surface area contributed by atoms with Gasteiger partial charge in [0.05, 0.1) is 19.4 Å². The predicted octanol–water partition coefficient (Wildman–Crippen LogP) is 6.64. The molecule has 0 amide bonds. The van der Waals surface area contributed by atoms with Crippen molar-refractivity contribution in [2.75, 3.05) is 26.9 Å². The van der Waals surface area contributed by atoms with Gasteiger partial charge in [-0.25, -0.2) is 0 Å². The maximum absolute atomic E-state index is 6.28. The fourth-order valence-corrected chi connectivity index (χ4v) is 4.39. The van der Waals surface area contributed by atoms with Crippen LogP contribution in [0.15, 0.2) is 53.7 Å². The monoisotopic (exact) mass is 465 g/mol. The van der Waals surface area contributed by atoms with Crippen LogP contribution in [-0.2, 0) is 16.2 Å². The molecule has 0 unspecified atom stereocenters. The zero-order chi connectivity index (χ0) is 24.2. The van der Waals surface area contributed by atoms with Crippen LogP contribution in [0.2, 0.25) is 0 Å². The number of benzene rings is 2. The molecule has 5 nitrogen and oxygen atoms in total. The highest BCUT2D eigenvalue weighted by Crippen LogP contribution is 2.32. The summed E-state index contributed by atoms with van der Waals surface area (Å²) < 4.78 is 18.1. The van der Waals surface area contributed by atoms with E-state index in [0.717, 1.165) is 41.4 Å². The second-order valence-electron chi connectivity index (χ2n) is 9.14. The van der Waals surface area contributed by atoms with Crippen molar-refractivity contribution in [1.29, 1.82) is 0 Å². The average molecular weight is 466 g/mol. The van der Waals surface area contributed by atoms with Crippen molar-refractivity contribution in [3.05, 3.63) is 70.8 Å². The van der Waals surface area contributed by atoms with Crippen LogP contribution in [-0.4, -0.2) is 33.1 Å². The van der Waals surface area contributed by atoms with E-state index >= 15 is 0 Å². The van der Waals surface area contributed by atoms with Gasteiger partial charge in [-0.1, -0.05) is 41.6 Å². The molecule has 184 valence electrons. The minimum absolute atomic E-state index is 0.596. The van der Waals surface area contributed by atoms with Gasteiger partial charge in [-0.15, -0.1) is 0 Å². The summed E-state index contributed by atoms with van der Waals surface area (Å²) in [4.78, 5) is 4.71. The van der Waals surface area contributed by atoms with Gasteiger partial charge in [0.15, 0.2) is 0 Å². The molecule has 0 bridgehead atoms. The lowest BCUT2D eigenvalue weighted by Crippen LogP contribution is -2.23. The number of ether oxygens (including phenoxy) is 3. The van der Waals surface area contributed by atoms with Crippen molar-refractivity contribution in [3.63, 3.8) is 0 Å². The van der Waals surface area contributed by atoms with E-state index in [1.807, 2.05) is 31.2 Å². The first-order chi connectivity index (χ1) is 16.6. The summed E-state index contributed by atoms with van der Waals surface area (Å²) in [6.45, 7) is 9.05. The molecule has 2 aromatic carbocycles. The molecule has 1 fully saturated rings. The van der Waals surface area contributed by atoms with Gasteiger partial charge in [0.1, 0.15) is 25.2 Å². The van der Waals surface area contributed by atoms with Crippen molar-refractivity contribution >= 4 is 6.21 Å². The first kappa shape index (κ1) is 25.8. The van der Waals surface area contributed by atoms with Crippen LogP contribution < -0.4 is 9.47 Å². The van der Waals surface area contributed by atoms with Gasteiger partial charge in [-0.2, -0.15) is 0 Å². The fourth-order valence-electron chi connectivity index (χ4n) is 4.39. The molecule has 0 aromatic heterocycles. The highest BCUT2D eigenvalue weighted by atomic mass is 16.6. The van der Waals surface area contributed by atoms with Gasteiger partial charge in [-0.3, -0.25) is 0 Å². The molecule has 0 aliphatic heterocycles. The van der Waals surface area contributed by atoms with E-state index in [4.69, 9.17) is 19.0 Å². The standard InChI is InChI=1S/C29H39NO4/c1-5-6-15-33-28-16-22(2)29(23(3)17-28)34-21-27-13-11-26(12-14-27)20-32-19-25-9-7-24(8-10-25)18-30-31-4/h5-10,16-18,26-27H,11-15,19-21H2,1-4H3/b6-5+,30-18+. The Morgan fingerprint density at radius 3 is 2.18 bits per heavy atom. The zero-order valence-corrected chi connectivity index (χ0v) is 21.1. The molecule has 1 aliphatic carbocycles. The van der Waals surface area contributed by atoms with Crippen LogP contribution in [0, 0.1) is 25.7 Å². The number of nitrogens with zero attached hydrogens (tertiary/aromatic N) is 1. The molecule has 34 heavy (non-hydrogen) atoms. The van der Waals surface area contributed by atoms with Crippen LogP contribution in [0.4, 0.5) is 0 Å². The predicted molar refractivity (Wildman–Crippen MR) is 138 cm³/mol. The molecular weight excluding hydrogens is 426 g/mol. The largest absolute Gasteiger partial charge is 0.493 e. The number of hydrogen-bond donors (Lipinski definition) is 0. The lowest BCUT2D eigenvalue weighted by atomic mass is 9.83. The van der Waals surface area contributed by atoms with E-state index in [1.165, 1.54) is 31.2 Å². The van der Waals surface area contributed by atoms with E-state index < -0.39 is 0 Å². The lowest BCUT2D eigenvalue weighted by molar-refractivity contribution is 0.0618. The third-order valence-corrected chi connectivity index (χ3v) is 6.35. The van der Waals surface area contributed by atoms with Gasteiger partial charge < -0.3 is 19.0 Å². The fraction of sp³-hybridized carbons (Fsp3) is 0.483. The molecule has 2 aromatic rings. The first-order valence-electron chi connectivity index (χ1n) is 12.3. The van der Waals surface area contributed by atoms with Gasteiger partial charge >= 0.3 is 0 Å². The topological polar surface area (TPSA) is 49.3 Å². The molecule has 1 saturated carbocycles. The van der Waals surface area contributed by atoms with Crippen LogP contribution in [0.5, 0.6) is 11.5 Å². The Labute approximate surface area is 204 Å². The molecular formula is C29H39NO4. The Bertz CT molecular complexity index is 905. The number of rotatable bonds is 12. The van der Waals surface area contributed by atoms with Gasteiger partial charge in [0.25, 0.3) is 0 Å². The first-order valence-corrected chi connectivity index (χ1v) is 12.3. The SMILES string of the molecule is C/C=C/COc1cc(C)c(OCC2CCC(COCc3ccc(/C=N/OC)cc3)CC2)c(C)c1. The summed E-state index contributed by atoms with van der Waals surface area (Å²) in [6, 6.07) is 12.4. The molecule has 1 aliphatic rings. The van der Waals surface area contributed by atoms with E-state index in [1.54, 1.807) is 13.3 Å². The summed E-state index contributed by atoms with van der Waals surface area (Å²) in [5.41, 5.74) is 4.47. The van der Waals surface area contributed by atoms with E-state index in [9.17, 15) is 0 Å². The summed E-state index contributed by atoms with van der Waals surface area (Å²) in [5, 5.41) is 3.78. The maximum atomic E-state index is 6.28. The van der Waals surface area contributed by atoms with E-state index in [-0.39, 0.29) is 0 Å². The smallest absolute Gasteiger partial charge is 0.125 e. The normalized spacial score (nSPS) is 18.5. The second kappa shape index (κ2) is 13.8. The van der Waals surface area contributed by atoms with Crippen molar-refractivity contribution in [1.82, 2.24) is 0 Å². The minimum Gasteiger partial charge on any atom is -0.493 e. The zero-order valence-electron chi connectivity index (χ0n) is 21.1. The quantitative estimate of drug-likeness (QED) is 0.200. The lowest BCUT2D eigenvalue weighted by Gasteiger charge is -2.28. The highest BCUT2D eigenvalue weighted by Gasteiger charge is 2.22. The van der Waals surface area contributed by atoms with Crippen LogP contribution in [0.25, 0.3) is 0 Å². The summed E-state index contributed by atoms with van der Waals surface area (Å²) in [5.74, 6) is 3.16.